The summed E-state index contributed by atoms with van der Waals surface area (Å²) in [5, 5.41) is 2.78. The lowest BCUT2D eigenvalue weighted by molar-refractivity contribution is -0.127. The van der Waals surface area contributed by atoms with Gasteiger partial charge in [-0.25, -0.2) is 0 Å². The molecule has 5 nitrogen and oxygen atoms in total. The van der Waals surface area contributed by atoms with Crippen LogP contribution < -0.4 is 19.5 Å². The molecule has 0 unspecified atom stereocenters. The van der Waals surface area contributed by atoms with Crippen LogP contribution >= 0.6 is 0 Å². The first-order valence-electron chi connectivity index (χ1n) is 7.45. The van der Waals surface area contributed by atoms with Crippen molar-refractivity contribution in [2.24, 2.45) is 0 Å². The van der Waals surface area contributed by atoms with Crippen LogP contribution in [0.4, 0.5) is 0 Å². The van der Waals surface area contributed by atoms with Crippen LogP contribution in [0.5, 0.6) is 17.2 Å². The second-order valence-electron chi connectivity index (χ2n) is 4.89. The van der Waals surface area contributed by atoms with Crippen LogP contribution in [0.2, 0.25) is 0 Å². The van der Waals surface area contributed by atoms with Gasteiger partial charge in [-0.1, -0.05) is 18.2 Å². The molecule has 5 heteroatoms. The number of ether oxygens (including phenoxy) is 3. The maximum atomic E-state index is 11.9. The molecule has 2 rings (SSSR count). The number of rotatable bonds is 8. The number of para-hydroxylation sites is 1. The fourth-order valence-electron chi connectivity index (χ4n) is 1.92. The van der Waals surface area contributed by atoms with Gasteiger partial charge >= 0.3 is 0 Å². The van der Waals surface area contributed by atoms with Gasteiger partial charge in [-0.15, -0.1) is 0 Å². The Morgan fingerprint density at radius 2 is 1.65 bits per heavy atom. The van der Waals surface area contributed by atoms with Gasteiger partial charge in [0.25, 0.3) is 5.91 Å². The van der Waals surface area contributed by atoms with Crippen LogP contribution in [0.3, 0.4) is 0 Å². The Morgan fingerprint density at radius 1 is 1.00 bits per heavy atom. The highest BCUT2D eigenvalue weighted by molar-refractivity contribution is 5.80. The van der Waals surface area contributed by atoms with Gasteiger partial charge in [0.1, 0.15) is 23.9 Å². The van der Waals surface area contributed by atoms with E-state index in [4.69, 9.17) is 14.2 Å². The van der Waals surface area contributed by atoms with Crippen molar-refractivity contribution < 1.29 is 19.0 Å². The molecule has 0 spiro atoms. The predicted molar refractivity (Wildman–Crippen MR) is 88.0 cm³/mol. The third-order valence-electron chi connectivity index (χ3n) is 3.15. The second-order valence-corrected chi connectivity index (χ2v) is 4.89. The molecule has 0 aliphatic heterocycles. The van der Waals surface area contributed by atoms with Crippen LogP contribution in [0.25, 0.3) is 0 Å². The Labute approximate surface area is 136 Å². The van der Waals surface area contributed by atoms with Gasteiger partial charge in [0.15, 0.2) is 6.10 Å². The van der Waals surface area contributed by atoms with Gasteiger partial charge in [0.2, 0.25) is 0 Å². The van der Waals surface area contributed by atoms with E-state index >= 15 is 0 Å². The Kier molecular flexibility index (Phi) is 6.29. The lowest BCUT2D eigenvalue weighted by atomic mass is 10.3. The summed E-state index contributed by atoms with van der Waals surface area (Å²) in [6.07, 6.45) is -0.557. The van der Waals surface area contributed by atoms with Crippen molar-refractivity contribution in [1.29, 1.82) is 0 Å². The van der Waals surface area contributed by atoms with E-state index in [0.717, 1.165) is 11.5 Å². The second kappa shape index (κ2) is 8.68. The van der Waals surface area contributed by atoms with Gasteiger partial charge in [-0.3, -0.25) is 4.79 Å². The van der Waals surface area contributed by atoms with E-state index in [1.807, 2.05) is 54.6 Å². The minimum Gasteiger partial charge on any atom is -0.497 e. The lowest BCUT2D eigenvalue weighted by Gasteiger charge is -2.15. The summed E-state index contributed by atoms with van der Waals surface area (Å²) in [5.41, 5.74) is 0. The molecule has 0 saturated carbocycles. The first-order valence-corrected chi connectivity index (χ1v) is 7.45. The summed E-state index contributed by atoms with van der Waals surface area (Å²) in [6, 6.07) is 16.5. The fourth-order valence-corrected chi connectivity index (χ4v) is 1.92. The van der Waals surface area contributed by atoms with Crippen LogP contribution in [0.15, 0.2) is 54.6 Å². The summed E-state index contributed by atoms with van der Waals surface area (Å²) >= 11 is 0. The predicted octanol–water partition coefficient (Wildman–Crippen LogP) is 2.66. The largest absolute Gasteiger partial charge is 0.497 e. The first-order chi connectivity index (χ1) is 11.2. The molecular weight excluding hydrogens is 294 g/mol. The van der Waals surface area contributed by atoms with E-state index in [2.05, 4.69) is 5.32 Å². The average molecular weight is 315 g/mol. The number of hydrogen-bond acceptors (Lipinski definition) is 4. The van der Waals surface area contributed by atoms with Crippen LogP contribution in [0.1, 0.15) is 6.92 Å². The highest BCUT2D eigenvalue weighted by Gasteiger charge is 2.13. The van der Waals surface area contributed by atoms with Crippen molar-refractivity contribution in [3.63, 3.8) is 0 Å². The number of carbonyl (C=O) groups excluding carboxylic acids is 1. The number of carbonyl (C=O) groups is 1. The lowest BCUT2D eigenvalue weighted by Crippen LogP contribution is -2.38. The average Bonchev–Trinajstić information content (AvgIpc) is 2.60. The molecule has 2 aromatic carbocycles. The van der Waals surface area contributed by atoms with Gasteiger partial charge in [-0.05, 0) is 43.3 Å². The third-order valence-corrected chi connectivity index (χ3v) is 3.15. The number of hydrogen-bond donors (Lipinski definition) is 1. The zero-order chi connectivity index (χ0) is 16.5. The van der Waals surface area contributed by atoms with Crippen LogP contribution in [-0.2, 0) is 4.79 Å². The number of amides is 1. The van der Waals surface area contributed by atoms with Gasteiger partial charge in [-0.2, -0.15) is 0 Å². The van der Waals surface area contributed by atoms with Crippen LogP contribution in [-0.4, -0.2) is 32.3 Å². The van der Waals surface area contributed by atoms with E-state index in [1.165, 1.54) is 0 Å². The molecule has 0 heterocycles. The molecule has 2 aromatic rings. The summed E-state index contributed by atoms with van der Waals surface area (Å²) in [6.45, 7) is 2.51. The highest BCUT2D eigenvalue weighted by atomic mass is 16.5. The Hall–Kier alpha value is -2.69. The van der Waals surface area contributed by atoms with Crippen molar-refractivity contribution in [3.05, 3.63) is 54.6 Å². The summed E-state index contributed by atoms with van der Waals surface area (Å²) < 4.78 is 16.2. The maximum absolute atomic E-state index is 11.9. The zero-order valence-corrected chi connectivity index (χ0v) is 13.3. The smallest absolute Gasteiger partial charge is 0.260 e. The quantitative estimate of drug-likeness (QED) is 0.761. The van der Waals surface area contributed by atoms with Crippen molar-refractivity contribution in [2.45, 2.75) is 13.0 Å². The Balaban J connectivity index is 1.67. The molecule has 1 N–H and O–H groups in total. The zero-order valence-electron chi connectivity index (χ0n) is 13.3. The minimum atomic E-state index is -0.557. The molecule has 0 aromatic heterocycles. The monoisotopic (exact) mass is 315 g/mol. The molecule has 23 heavy (non-hydrogen) atoms. The van der Waals surface area contributed by atoms with E-state index in [1.54, 1.807) is 14.0 Å². The third kappa shape index (κ3) is 5.54. The number of nitrogens with one attached hydrogen (secondary N) is 1. The molecule has 0 aliphatic rings. The molecule has 1 amide bonds. The van der Waals surface area contributed by atoms with Gasteiger partial charge < -0.3 is 19.5 Å². The first kappa shape index (κ1) is 16.7. The molecule has 122 valence electrons. The van der Waals surface area contributed by atoms with Crippen LogP contribution in [0, 0.1) is 0 Å². The minimum absolute atomic E-state index is 0.174. The SMILES string of the molecule is COc1ccc(OCCNC(=O)[C@@H](C)Oc2ccccc2)cc1. The molecule has 1 atom stereocenters. The Morgan fingerprint density at radius 3 is 2.30 bits per heavy atom. The molecular formula is C18H21NO4. The summed E-state index contributed by atoms with van der Waals surface area (Å²) in [7, 11) is 1.62. The van der Waals surface area contributed by atoms with E-state index in [-0.39, 0.29) is 5.91 Å². The maximum Gasteiger partial charge on any atom is 0.260 e. The Bertz CT molecular complexity index is 598. The van der Waals surface area contributed by atoms with Crippen molar-refractivity contribution in [2.75, 3.05) is 20.3 Å². The highest BCUT2D eigenvalue weighted by Crippen LogP contribution is 2.16. The fraction of sp³-hybridized carbons (Fsp3) is 0.278. The summed E-state index contributed by atoms with van der Waals surface area (Å²) in [4.78, 5) is 11.9. The van der Waals surface area contributed by atoms with Crippen molar-refractivity contribution in [3.8, 4) is 17.2 Å². The number of methoxy groups -OCH3 is 1. The normalized spacial score (nSPS) is 11.4. The van der Waals surface area contributed by atoms with E-state index in [0.29, 0.717) is 18.9 Å². The van der Waals surface area contributed by atoms with Gasteiger partial charge in [0.05, 0.1) is 13.7 Å². The van der Waals surface area contributed by atoms with Crippen molar-refractivity contribution in [1.82, 2.24) is 5.32 Å². The van der Waals surface area contributed by atoms with E-state index < -0.39 is 6.10 Å². The standard InChI is InChI=1S/C18H21NO4/c1-14(23-17-6-4-3-5-7-17)18(20)19-12-13-22-16-10-8-15(21-2)9-11-16/h3-11,14H,12-13H2,1-2H3,(H,19,20)/t14-/m1/s1. The molecule has 0 bridgehead atoms. The summed E-state index contributed by atoms with van der Waals surface area (Å²) in [5.74, 6) is 2.00. The molecule has 0 fully saturated rings. The van der Waals surface area contributed by atoms with Crippen molar-refractivity contribution >= 4 is 5.91 Å². The number of benzene rings is 2. The van der Waals surface area contributed by atoms with Gasteiger partial charge in [0, 0.05) is 0 Å². The van der Waals surface area contributed by atoms with E-state index in [9.17, 15) is 4.79 Å². The topological polar surface area (TPSA) is 56.8 Å². The molecule has 0 saturated heterocycles. The molecule has 0 aliphatic carbocycles. The molecule has 0 radical (unpaired) electrons.